The van der Waals surface area contributed by atoms with Gasteiger partial charge < -0.3 is 25.4 Å². The van der Waals surface area contributed by atoms with Crippen LogP contribution < -0.4 is 10.6 Å². The molecule has 0 radical (unpaired) electrons. The lowest BCUT2D eigenvalue weighted by molar-refractivity contribution is -0.122. The van der Waals surface area contributed by atoms with E-state index in [0.717, 1.165) is 36.0 Å². The number of aliphatic hydroxyl groups is 1. The van der Waals surface area contributed by atoms with Gasteiger partial charge in [0.2, 0.25) is 11.9 Å². The first-order valence-electron chi connectivity index (χ1n) is 13.2. The molecule has 0 aliphatic carbocycles. The van der Waals surface area contributed by atoms with Crippen molar-refractivity contribution in [3.05, 3.63) is 75.9 Å². The van der Waals surface area contributed by atoms with Gasteiger partial charge in [-0.2, -0.15) is 0 Å². The molecule has 1 atom stereocenters. The van der Waals surface area contributed by atoms with E-state index in [0.29, 0.717) is 47.6 Å². The van der Waals surface area contributed by atoms with Crippen LogP contribution in [0.1, 0.15) is 52.9 Å². The van der Waals surface area contributed by atoms with Crippen molar-refractivity contribution in [3.8, 4) is 11.3 Å². The molecular formula is C29H32ClN5O4. The third kappa shape index (κ3) is 6.21. The van der Waals surface area contributed by atoms with Gasteiger partial charge in [0.15, 0.2) is 0 Å². The fraction of sp³-hybridized carbons (Fsp3) is 0.379. The summed E-state index contributed by atoms with van der Waals surface area (Å²) in [5.74, 6) is -0.0874. The lowest BCUT2D eigenvalue weighted by atomic mass is 10.0. The molecule has 2 aromatic carbocycles. The topological polar surface area (TPSA) is 117 Å². The van der Waals surface area contributed by atoms with E-state index in [-0.39, 0.29) is 31.0 Å². The first kappa shape index (κ1) is 27.1. The van der Waals surface area contributed by atoms with Gasteiger partial charge in [-0.3, -0.25) is 9.59 Å². The second kappa shape index (κ2) is 12.1. The number of hydrogen-bond donors (Lipinski definition) is 3. The standard InChI is InChI=1S/C29H32ClN5O4/c1-2-18-4-3-5-19(12-18)25(17-36)33-26(37)16-35-15-21-7-6-20(13-23(21)28(35)38)27-24(30)14-31-29(34-27)32-22-8-10-39-11-9-22/h3-7,12-14,22,25,36H,2,8-11,15-17H2,1H3,(H,33,37)(H,31,32,34). The summed E-state index contributed by atoms with van der Waals surface area (Å²) < 4.78 is 5.41. The lowest BCUT2D eigenvalue weighted by Gasteiger charge is -2.23. The highest BCUT2D eigenvalue weighted by Gasteiger charge is 2.30. The molecule has 1 aromatic heterocycles. The average Bonchev–Trinajstić information content (AvgIpc) is 3.27. The molecule has 5 rings (SSSR count). The number of rotatable bonds is 9. The van der Waals surface area contributed by atoms with Gasteiger partial charge in [0.25, 0.3) is 5.91 Å². The Morgan fingerprint density at radius 2 is 2.05 bits per heavy atom. The van der Waals surface area contributed by atoms with Crippen molar-refractivity contribution in [2.45, 2.75) is 44.8 Å². The van der Waals surface area contributed by atoms with Crippen molar-refractivity contribution in [2.75, 3.05) is 31.7 Å². The number of aliphatic hydroxyl groups excluding tert-OH is 1. The first-order valence-corrected chi connectivity index (χ1v) is 13.6. The van der Waals surface area contributed by atoms with Crippen LogP contribution in [0.5, 0.6) is 0 Å². The molecule has 0 bridgehead atoms. The number of aromatic nitrogens is 2. The summed E-state index contributed by atoms with van der Waals surface area (Å²) in [7, 11) is 0. The molecule has 2 amide bonds. The number of fused-ring (bicyclic) bond motifs is 1. The van der Waals surface area contributed by atoms with Crippen molar-refractivity contribution in [2.24, 2.45) is 0 Å². The van der Waals surface area contributed by atoms with E-state index in [1.807, 2.05) is 36.4 Å². The van der Waals surface area contributed by atoms with Crippen LogP contribution in [0.4, 0.5) is 5.95 Å². The van der Waals surface area contributed by atoms with E-state index in [2.05, 4.69) is 27.5 Å². The van der Waals surface area contributed by atoms with Crippen LogP contribution in [0.3, 0.4) is 0 Å². The van der Waals surface area contributed by atoms with Crippen molar-refractivity contribution in [3.63, 3.8) is 0 Å². The van der Waals surface area contributed by atoms with Gasteiger partial charge in [0.1, 0.15) is 6.54 Å². The van der Waals surface area contributed by atoms with Crippen molar-refractivity contribution in [1.29, 1.82) is 0 Å². The molecule has 9 nitrogen and oxygen atoms in total. The van der Waals surface area contributed by atoms with Crippen molar-refractivity contribution >= 4 is 29.4 Å². The summed E-state index contributed by atoms with van der Waals surface area (Å²) in [6, 6.07) is 13.0. The number of carbonyl (C=O) groups excluding carboxylic acids is 2. The summed E-state index contributed by atoms with van der Waals surface area (Å²) in [6.07, 6.45) is 4.17. The van der Waals surface area contributed by atoms with Gasteiger partial charge in [0, 0.05) is 36.9 Å². The number of nitrogens with zero attached hydrogens (tertiary/aromatic N) is 3. The summed E-state index contributed by atoms with van der Waals surface area (Å²) >= 11 is 6.45. The molecule has 2 aliphatic rings. The van der Waals surface area contributed by atoms with E-state index in [1.165, 1.54) is 4.90 Å². The number of aryl methyl sites for hydroxylation is 1. The number of benzene rings is 2. The second-order valence-electron chi connectivity index (χ2n) is 9.86. The van der Waals surface area contributed by atoms with Crippen LogP contribution in [0.2, 0.25) is 5.02 Å². The number of ether oxygens (including phenoxy) is 1. The van der Waals surface area contributed by atoms with Crippen LogP contribution >= 0.6 is 11.6 Å². The Kier molecular flexibility index (Phi) is 8.40. The zero-order valence-electron chi connectivity index (χ0n) is 21.8. The van der Waals surface area contributed by atoms with Crippen LogP contribution in [0, 0.1) is 0 Å². The Hall–Kier alpha value is -3.53. The molecule has 0 spiro atoms. The summed E-state index contributed by atoms with van der Waals surface area (Å²) in [4.78, 5) is 36.6. The molecule has 10 heteroatoms. The molecular weight excluding hydrogens is 518 g/mol. The predicted molar refractivity (Wildman–Crippen MR) is 148 cm³/mol. The number of nitrogens with one attached hydrogen (secondary N) is 2. The summed E-state index contributed by atoms with van der Waals surface area (Å²) in [5.41, 5.74) is 4.54. The minimum Gasteiger partial charge on any atom is -0.394 e. The molecule has 1 saturated heterocycles. The zero-order valence-corrected chi connectivity index (χ0v) is 22.6. The smallest absolute Gasteiger partial charge is 0.254 e. The predicted octanol–water partition coefficient (Wildman–Crippen LogP) is 3.76. The Balaban J connectivity index is 1.27. The summed E-state index contributed by atoms with van der Waals surface area (Å²) in [6.45, 7) is 3.43. The highest BCUT2D eigenvalue weighted by molar-refractivity contribution is 6.33. The molecule has 3 heterocycles. The minimum atomic E-state index is -0.542. The van der Waals surface area contributed by atoms with E-state index < -0.39 is 6.04 Å². The maximum atomic E-state index is 13.2. The van der Waals surface area contributed by atoms with Crippen LogP contribution in [-0.2, 0) is 22.5 Å². The van der Waals surface area contributed by atoms with Crippen LogP contribution in [0.25, 0.3) is 11.3 Å². The average molecular weight is 550 g/mol. The molecule has 3 N–H and O–H groups in total. The Labute approximate surface area is 232 Å². The van der Waals surface area contributed by atoms with E-state index in [9.17, 15) is 14.7 Å². The van der Waals surface area contributed by atoms with Gasteiger partial charge >= 0.3 is 0 Å². The fourth-order valence-electron chi connectivity index (χ4n) is 4.98. The number of amides is 2. The molecule has 1 fully saturated rings. The van der Waals surface area contributed by atoms with Gasteiger partial charge in [-0.05, 0) is 42.0 Å². The monoisotopic (exact) mass is 549 g/mol. The van der Waals surface area contributed by atoms with Gasteiger partial charge in [0.05, 0.1) is 29.6 Å². The third-order valence-electron chi connectivity index (χ3n) is 7.17. The van der Waals surface area contributed by atoms with Gasteiger partial charge in [-0.25, -0.2) is 9.97 Å². The van der Waals surface area contributed by atoms with E-state index >= 15 is 0 Å². The maximum Gasteiger partial charge on any atom is 0.254 e. The SMILES string of the molecule is CCc1cccc(C(CO)NC(=O)CN2Cc3ccc(-c4nc(NC5CCOCC5)ncc4Cl)cc3C2=O)c1. The normalized spacial score (nSPS) is 16.2. The minimum absolute atomic E-state index is 0.111. The Morgan fingerprint density at radius 1 is 1.23 bits per heavy atom. The highest BCUT2D eigenvalue weighted by Crippen LogP contribution is 2.31. The van der Waals surface area contributed by atoms with Gasteiger partial charge in [-0.1, -0.05) is 54.9 Å². The molecule has 204 valence electrons. The Morgan fingerprint density at radius 3 is 2.82 bits per heavy atom. The number of halogens is 1. The van der Waals surface area contributed by atoms with Crippen molar-refractivity contribution in [1.82, 2.24) is 20.2 Å². The maximum absolute atomic E-state index is 13.2. The number of hydrogen-bond acceptors (Lipinski definition) is 7. The quantitative estimate of drug-likeness (QED) is 0.372. The number of anilines is 1. The molecule has 39 heavy (non-hydrogen) atoms. The van der Waals surface area contributed by atoms with Crippen molar-refractivity contribution < 1.29 is 19.4 Å². The fourth-order valence-corrected chi connectivity index (χ4v) is 5.18. The van der Waals surface area contributed by atoms with Gasteiger partial charge in [-0.15, -0.1) is 0 Å². The van der Waals surface area contributed by atoms with E-state index in [1.54, 1.807) is 12.3 Å². The number of carbonyl (C=O) groups is 2. The Bertz CT molecular complexity index is 1360. The first-order chi connectivity index (χ1) is 18.9. The lowest BCUT2D eigenvalue weighted by Crippen LogP contribution is -2.40. The second-order valence-corrected chi connectivity index (χ2v) is 10.3. The zero-order chi connectivity index (χ0) is 27.4. The largest absolute Gasteiger partial charge is 0.394 e. The molecule has 0 saturated carbocycles. The van der Waals surface area contributed by atoms with Crippen LogP contribution in [0.15, 0.2) is 48.7 Å². The molecule has 2 aliphatic heterocycles. The highest BCUT2D eigenvalue weighted by atomic mass is 35.5. The molecule has 1 unspecified atom stereocenters. The van der Waals surface area contributed by atoms with Crippen LogP contribution in [-0.4, -0.2) is 64.2 Å². The van der Waals surface area contributed by atoms with E-state index in [4.69, 9.17) is 16.3 Å². The summed E-state index contributed by atoms with van der Waals surface area (Å²) in [5, 5.41) is 16.5. The third-order valence-corrected chi connectivity index (χ3v) is 7.45. The molecule has 3 aromatic rings.